The zero-order chi connectivity index (χ0) is 13.0. The van der Waals surface area contributed by atoms with Gasteiger partial charge in [-0.1, -0.05) is 25.7 Å². The van der Waals surface area contributed by atoms with Crippen molar-refractivity contribution >= 4 is 11.6 Å². The third-order valence-electron chi connectivity index (χ3n) is 3.85. The molecule has 2 N–H and O–H groups in total. The third kappa shape index (κ3) is 3.25. The number of nitrogens with two attached hydrogens (primary N) is 1. The molecule has 1 aliphatic carbocycles. The van der Waals surface area contributed by atoms with Crippen molar-refractivity contribution in [1.29, 1.82) is 0 Å². The molecule has 0 bridgehead atoms. The number of benzene rings is 1. The van der Waals surface area contributed by atoms with Crippen molar-refractivity contribution in [3.8, 4) is 0 Å². The molecule has 0 heterocycles. The molecule has 0 atom stereocenters. The molecular weight excluding hydrogens is 224 g/mol. The summed E-state index contributed by atoms with van der Waals surface area (Å²) in [6, 6.07) is 7.14. The Bertz CT molecular complexity index is 393. The van der Waals surface area contributed by atoms with Crippen molar-refractivity contribution in [2.45, 2.75) is 32.1 Å². The Morgan fingerprint density at radius 1 is 1.28 bits per heavy atom. The van der Waals surface area contributed by atoms with Crippen LogP contribution in [0.25, 0.3) is 0 Å². The lowest BCUT2D eigenvalue weighted by molar-refractivity contribution is 0.0787. The Morgan fingerprint density at radius 2 is 1.89 bits per heavy atom. The molecule has 3 nitrogen and oxygen atoms in total. The molecule has 18 heavy (non-hydrogen) atoms. The van der Waals surface area contributed by atoms with Crippen LogP contribution in [0.3, 0.4) is 0 Å². The van der Waals surface area contributed by atoms with Gasteiger partial charge in [0, 0.05) is 24.8 Å². The van der Waals surface area contributed by atoms with Crippen LogP contribution in [-0.2, 0) is 0 Å². The van der Waals surface area contributed by atoms with Gasteiger partial charge in [-0.25, -0.2) is 0 Å². The normalized spacial score (nSPS) is 15.8. The lowest BCUT2D eigenvalue weighted by Gasteiger charge is -2.19. The van der Waals surface area contributed by atoms with E-state index in [-0.39, 0.29) is 5.91 Å². The smallest absolute Gasteiger partial charge is 0.253 e. The molecule has 0 unspecified atom stereocenters. The van der Waals surface area contributed by atoms with Crippen molar-refractivity contribution in [3.63, 3.8) is 0 Å². The molecule has 1 fully saturated rings. The summed E-state index contributed by atoms with van der Waals surface area (Å²) in [5, 5.41) is 0. The first kappa shape index (κ1) is 12.9. The summed E-state index contributed by atoms with van der Waals surface area (Å²) < 4.78 is 0. The number of rotatable bonds is 4. The number of hydrogen-bond acceptors (Lipinski definition) is 2. The maximum atomic E-state index is 12.1. The molecule has 1 aliphatic rings. The fourth-order valence-electron chi connectivity index (χ4n) is 2.62. The lowest BCUT2D eigenvalue weighted by Crippen LogP contribution is -2.28. The molecule has 3 heteroatoms. The van der Waals surface area contributed by atoms with E-state index in [0.29, 0.717) is 5.69 Å². The van der Waals surface area contributed by atoms with Crippen molar-refractivity contribution < 1.29 is 4.79 Å². The van der Waals surface area contributed by atoms with Gasteiger partial charge in [0.15, 0.2) is 0 Å². The Morgan fingerprint density at radius 3 is 2.50 bits per heavy atom. The van der Waals surface area contributed by atoms with E-state index >= 15 is 0 Å². The molecule has 2 rings (SSSR count). The fraction of sp³-hybridized carbons (Fsp3) is 0.533. The Labute approximate surface area is 109 Å². The first-order valence-electron chi connectivity index (χ1n) is 6.78. The Balaban J connectivity index is 1.85. The zero-order valence-corrected chi connectivity index (χ0v) is 11.1. The molecule has 0 aromatic heterocycles. The predicted octanol–water partition coefficient (Wildman–Crippen LogP) is 2.92. The highest BCUT2D eigenvalue weighted by Gasteiger charge is 2.17. The number of carbonyl (C=O) groups excluding carboxylic acids is 1. The molecule has 98 valence electrons. The molecule has 1 aromatic carbocycles. The first-order valence-corrected chi connectivity index (χ1v) is 6.78. The van der Waals surface area contributed by atoms with E-state index in [4.69, 9.17) is 5.73 Å². The molecule has 1 saturated carbocycles. The van der Waals surface area contributed by atoms with Gasteiger partial charge in [-0.05, 0) is 36.6 Å². The van der Waals surface area contributed by atoms with Gasteiger partial charge in [0.05, 0.1) is 0 Å². The SMILES string of the molecule is CN(CCC1CCCC1)C(=O)c1ccc(N)cc1. The summed E-state index contributed by atoms with van der Waals surface area (Å²) in [6.45, 7) is 0.855. The summed E-state index contributed by atoms with van der Waals surface area (Å²) in [4.78, 5) is 14.0. The van der Waals surface area contributed by atoms with E-state index in [0.717, 1.165) is 24.4 Å². The molecule has 0 aliphatic heterocycles. The van der Waals surface area contributed by atoms with Crippen LogP contribution in [0.15, 0.2) is 24.3 Å². The van der Waals surface area contributed by atoms with Crippen molar-refractivity contribution in [3.05, 3.63) is 29.8 Å². The first-order chi connectivity index (χ1) is 8.66. The van der Waals surface area contributed by atoms with Crippen LogP contribution in [0, 0.1) is 5.92 Å². The zero-order valence-electron chi connectivity index (χ0n) is 11.1. The summed E-state index contributed by atoms with van der Waals surface area (Å²) in [6.07, 6.45) is 6.53. The van der Waals surface area contributed by atoms with E-state index in [2.05, 4.69) is 0 Å². The van der Waals surface area contributed by atoms with Crippen LogP contribution in [-0.4, -0.2) is 24.4 Å². The molecule has 0 spiro atoms. The maximum Gasteiger partial charge on any atom is 0.253 e. The number of anilines is 1. The van der Waals surface area contributed by atoms with Crippen LogP contribution in [0.2, 0.25) is 0 Å². The minimum Gasteiger partial charge on any atom is -0.399 e. The largest absolute Gasteiger partial charge is 0.399 e. The van der Waals surface area contributed by atoms with Gasteiger partial charge >= 0.3 is 0 Å². The van der Waals surface area contributed by atoms with Gasteiger partial charge in [-0.3, -0.25) is 4.79 Å². The van der Waals surface area contributed by atoms with Crippen LogP contribution in [0.5, 0.6) is 0 Å². The highest BCUT2D eigenvalue weighted by molar-refractivity contribution is 5.94. The van der Waals surface area contributed by atoms with Crippen molar-refractivity contribution in [2.24, 2.45) is 5.92 Å². The van der Waals surface area contributed by atoms with E-state index in [1.165, 1.54) is 25.7 Å². The standard InChI is InChI=1S/C15H22N2O/c1-17(11-10-12-4-2-3-5-12)15(18)13-6-8-14(16)9-7-13/h6-9,12H,2-5,10-11,16H2,1H3. The number of hydrogen-bond donors (Lipinski definition) is 1. The maximum absolute atomic E-state index is 12.1. The third-order valence-corrected chi connectivity index (χ3v) is 3.85. The summed E-state index contributed by atoms with van der Waals surface area (Å²) in [7, 11) is 1.88. The van der Waals surface area contributed by atoms with Crippen LogP contribution in [0.4, 0.5) is 5.69 Å². The summed E-state index contributed by atoms with van der Waals surface area (Å²) in [5.41, 5.74) is 7.03. The van der Waals surface area contributed by atoms with Gasteiger partial charge in [0.2, 0.25) is 0 Å². The van der Waals surface area contributed by atoms with Gasteiger partial charge in [-0.15, -0.1) is 0 Å². The molecular formula is C15H22N2O. The second-order valence-corrected chi connectivity index (χ2v) is 5.29. The molecule has 0 saturated heterocycles. The molecule has 1 amide bonds. The Hall–Kier alpha value is -1.51. The lowest BCUT2D eigenvalue weighted by atomic mass is 10.0. The van der Waals surface area contributed by atoms with Crippen LogP contribution in [0.1, 0.15) is 42.5 Å². The average molecular weight is 246 g/mol. The minimum atomic E-state index is 0.0907. The second-order valence-electron chi connectivity index (χ2n) is 5.29. The van der Waals surface area contributed by atoms with E-state index in [1.807, 2.05) is 11.9 Å². The second kappa shape index (κ2) is 5.89. The number of amides is 1. The molecule has 1 aromatic rings. The number of nitrogens with zero attached hydrogens (tertiary/aromatic N) is 1. The van der Waals surface area contributed by atoms with Crippen LogP contribution >= 0.6 is 0 Å². The van der Waals surface area contributed by atoms with E-state index in [9.17, 15) is 4.79 Å². The monoisotopic (exact) mass is 246 g/mol. The van der Waals surface area contributed by atoms with E-state index < -0.39 is 0 Å². The van der Waals surface area contributed by atoms with Crippen LogP contribution < -0.4 is 5.73 Å². The Kier molecular flexibility index (Phi) is 4.24. The summed E-state index contributed by atoms with van der Waals surface area (Å²) >= 11 is 0. The van der Waals surface area contributed by atoms with Crippen molar-refractivity contribution in [1.82, 2.24) is 4.90 Å². The highest BCUT2D eigenvalue weighted by Crippen LogP contribution is 2.27. The van der Waals surface area contributed by atoms with Crippen molar-refractivity contribution in [2.75, 3.05) is 19.3 Å². The minimum absolute atomic E-state index is 0.0907. The molecule has 0 radical (unpaired) electrons. The van der Waals surface area contributed by atoms with E-state index in [1.54, 1.807) is 24.3 Å². The quantitative estimate of drug-likeness (QED) is 0.830. The highest BCUT2D eigenvalue weighted by atomic mass is 16.2. The number of nitrogen functional groups attached to an aromatic ring is 1. The summed E-state index contributed by atoms with van der Waals surface area (Å²) in [5.74, 6) is 0.916. The number of carbonyl (C=O) groups is 1. The fourth-order valence-corrected chi connectivity index (χ4v) is 2.62. The van der Waals surface area contributed by atoms with Gasteiger partial charge in [0.1, 0.15) is 0 Å². The van der Waals surface area contributed by atoms with Gasteiger partial charge in [-0.2, -0.15) is 0 Å². The van der Waals surface area contributed by atoms with Gasteiger partial charge < -0.3 is 10.6 Å². The topological polar surface area (TPSA) is 46.3 Å². The average Bonchev–Trinajstić information content (AvgIpc) is 2.89. The predicted molar refractivity (Wildman–Crippen MR) is 74.4 cm³/mol. The van der Waals surface area contributed by atoms with Gasteiger partial charge in [0.25, 0.3) is 5.91 Å².